The van der Waals surface area contributed by atoms with E-state index in [9.17, 15) is 0 Å². The molecule has 4 heteroatoms. The molecule has 0 amide bonds. The highest BCUT2D eigenvalue weighted by Crippen LogP contribution is 2.21. The molecule has 0 radical (unpaired) electrons. The molecule has 2 rings (SSSR count). The van der Waals surface area contributed by atoms with Crippen molar-refractivity contribution < 1.29 is 4.74 Å². The van der Waals surface area contributed by atoms with E-state index in [1.54, 1.807) is 7.11 Å². The molecule has 0 spiro atoms. The van der Waals surface area contributed by atoms with Crippen LogP contribution < -0.4 is 10.1 Å². The summed E-state index contributed by atoms with van der Waals surface area (Å²) < 4.78 is 5.22. The number of rotatable bonds is 4. The molecular formula is C15H21N3O. The number of aromatic nitrogens is 2. The minimum atomic E-state index is 0.0985. The number of nitrogens with one attached hydrogen (secondary N) is 2. The number of benzene rings is 1. The van der Waals surface area contributed by atoms with Crippen LogP contribution in [-0.2, 0) is 6.54 Å². The predicted octanol–water partition coefficient (Wildman–Crippen LogP) is 2.97. The maximum absolute atomic E-state index is 5.22. The topological polar surface area (TPSA) is 49.9 Å². The van der Waals surface area contributed by atoms with Crippen molar-refractivity contribution in [2.75, 3.05) is 7.11 Å². The number of methoxy groups -OCH3 is 1. The van der Waals surface area contributed by atoms with E-state index in [0.717, 1.165) is 29.4 Å². The van der Waals surface area contributed by atoms with Crippen LogP contribution in [0, 0.1) is 0 Å². The van der Waals surface area contributed by atoms with Crippen LogP contribution in [-0.4, -0.2) is 22.6 Å². The third-order valence-corrected chi connectivity index (χ3v) is 2.78. The van der Waals surface area contributed by atoms with E-state index in [2.05, 4.69) is 36.1 Å². The fraction of sp³-hybridized carbons (Fsp3) is 0.400. The van der Waals surface area contributed by atoms with Crippen molar-refractivity contribution in [2.24, 2.45) is 0 Å². The van der Waals surface area contributed by atoms with Crippen molar-refractivity contribution in [3.05, 3.63) is 36.2 Å². The first kappa shape index (κ1) is 13.6. The molecule has 0 fully saturated rings. The predicted molar refractivity (Wildman–Crippen MR) is 77.2 cm³/mol. The summed E-state index contributed by atoms with van der Waals surface area (Å²) in [5, 5.41) is 3.43. The van der Waals surface area contributed by atoms with E-state index >= 15 is 0 Å². The second-order valence-corrected chi connectivity index (χ2v) is 5.59. The lowest BCUT2D eigenvalue weighted by Crippen LogP contribution is -2.35. The molecule has 0 bridgehead atoms. The Morgan fingerprint density at radius 2 is 2.11 bits per heavy atom. The summed E-state index contributed by atoms with van der Waals surface area (Å²) in [7, 11) is 1.67. The first-order valence-corrected chi connectivity index (χ1v) is 6.41. The second-order valence-electron chi connectivity index (χ2n) is 5.59. The Balaban J connectivity index is 2.12. The van der Waals surface area contributed by atoms with Crippen LogP contribution in [0.2, 0.25) is 0 Å². The molecule has 19 heavy (non-hydrogen) atoms. The maximum Gasteiger partial charge on any atom is 0.137 e. The standard InChI is InChI=1S/C15H21N3O/c1-15(2,3)17-10-12-9-16-14(18-12)11-6-5-7-13(8-11)19-4/h5-9,17H,10H2,1-4H3,(H,16,18). The molecule has 0 unspecified atom stereocenters. The summed E-state index contributed by atoms with van der Waals surface area (Å²) in [6.07, 6.45) is 1.87. The monoisotopic (exact) mass is 259 g/mol. The minimum Gasteiger partial charge on any atom is -0.497 e. The fourth-order valence-corrected chi connectivity index (χ4v) is 1.73. The third kappa shape index (κ3) is 3.83. The molecule has 102 valence electrons. The van der Waals surface area contributed by atoms with Crippen LogP contribution >= 0.6 is 0 Å². The lowest BCUT2D eigenvalue weighted by atomic mass is 10.1. The molecule has 0 aliphatic carbocycles. The molecule has 0 saturated heterocycles. The van der Waals surface area contributed by atoms with E-state index in [-0.39, 0.29) is 5.54 Å². The molecule has 0 aliphatic rings. The number of H-pyrrole nitrogens is 1. The van der Waals surface area contributed by atoms with Gasteiger partial charge in [0.05, 0.1) is 7.11 Å². The van der Waals surface area contributed by atoms with Gasteiger partial charge in [0, 0.05) is 29.5 Å². The van der Waals surface area contributed by atoms with E-state index in [1.165, 1.54) is 0 Å². The number of nitrogens with zero attached hydrogens (tertiary/aromatic N) is 1. The largest absolute Gasteiger partial charge is 0.497 e. The van der Waals surface area contributed by atoms with Gasteiger partial charge in [0.1, 0.15) is 11.6 Å². The first-order valence-electron chi connectivity index (χ1n) is 6.41. The van der Waals surface area contributed by atoms with Crippen LogP contribution in [0.4, 0.5) is 0 Å². The van der Waals surface area contributed by atoms with Crippen molar-refractivity contribution in [1.82, 2.24) is 15.3 Å². The van der Waals surface area contributed by atoms with E-state index < -0.39 is 0 Å². The second kappa shape index (κ2) is 5.45. The molecule has 2 aromatic rings. The first-order chi connectivity index (χ1) is 8.98. The molecule has 2 N–H and O–H groups in total. The fourth-order valence-electron chi connectivity index (χ4n) is 1.73. The highest BCUT2D eigenvalue weighted by atomic mass is 16.5. The Morgan fingerprint density at radius 1 is 1.32 bits per heavy atom. The van der Waals surface area contributed by atoms with Crippen LogP contribution in [0.15, 0.2) is 30.5 Å². The zero-order valence-corrected chi connectivity index (χ0v) is 11.9. The maximum atomic E-state index is 5.22. The van der Waals surface area contributed by atoms with Crippen LogP contribution in [0.25, 0.3) is 11.4 Å². The van der Waals surface area contributed by atoms with E-state index in [1.807, 2.05) is 30.5 Å². The van der Waals surface area contributed by atoms with Crippen LogP contribution in [0.5, 0.6) is 5.75 Å². The van der Waals surface area contributed by atoms with Gasteiger partial charge in [-0.15, -0.1) is 0 Å². The Hall–Kier alpha value is -1.81. The summed E-state index contributed by atoms with van der Waals surface area (Å²) in [4.78, 5) is 7.74. The van der Waals surface area contributed by atoms with Gasteiger partial charge in [-0.2, -0.15) is 0 Å². The van der Waals surface area contributed by atoms with Gasteiger partial charge in [0.25, 0.3) is 0 Å². The third-order valence-electron chi connectivity index (χ3n) is 2.78. The van der Waals surface area contributed by atoms with Crippen molar-refractivity contribution in [3.63, 3.8) is 0 Å². The van der Waals surface area contributed by atoms with Gasteiger partial charge < -0.3 is 15.0 Å². The van der Waals surface area contributed by atoms with E-state index in [0.29, 0.717) is 0 Å². The van der Waals surface area contributed by atoms with Gasteiger partial charge in [-0.05, 0) is 32.9 Å². The van der Waals surface area contributed by atoms with Gasteiger partial charge >= 0.3 is 0 Å². The SMILES string of the molecule is COc1cccc(-c2ncc(CNC(C)(C)C)[nH]2)c1. The Morgan fingerprint density at radius 3 is 2.79 bits per heavy atom. The number of hydrogen-bond donors (Lipinski definition) is 2. The number of aromatic amines is 1. The summed E-state index contributed by atoms with van der Waals surface area (Å²) in [5.74, 6) is 1.70. The molecule has 1 heterocycles. The molecule has 1 aromatic heterocycles. The van der Waals surface area contributed by atoms with Crippen molar-refractivity contribution >= 4 is 0 Å². The van der Waals surface area contributed by atoms with E-state index in [4.69, 9.17) is 4.74 Å². The molecule has 0 atom stereocenters. The van der Waals surface area contributed by atoms with Gasteiger partial charge in [-0.3, -0.25) is 0 Å². The Bertz CT molecular complexity index is 540. The zero-order chi connectivity index (χ0) is 13.9. The lowest BCUT2D eigenvalue weighted by Gasteiger charge is -2.19. The molecule has 0 saturated carbocycles. The van der Waals surface area contributed by atoms with Crippen molar-refractivity contribution in [3.8, 4) is 17.1 Å². The Kier molecular flexibility index (Phi) is 3.90. The molecule has 4 nitrogen and oxygen atoms in total. The van der Waals surface area contributed by atoms with Gasteiger partial charge in [-0.1, -0.05) is 12.1 Å². The normalized spacial score (nSPS) is 11.6. The summed E-state index contributed by atoms with van der Waals surface area (Å²) in [6.45, 7) is 7.21. The molecule has 1 aromatic carbocycles. The van der Waals surface area contributed by atoms with Gasteiger partial charge in [0.2, 0.25) is 0 Å². The summed E-state index contributed by atoms with van der Waals surface area (Å²) in [5.41, 5.74) is 2.20. The summed E-state index contributed by atoms with van der Waals surface area (Å²) >= 11 is 0. The lowest BCUT2D eigenvalue weighted by molar-refractivity contribution is 0.415. The smallest absolute Gasteiger partial charge is 0.137 e. The number of hydrogen-bond acceptors (Lipinski definition) is 3. The van der Waals surface area contributed by atoms with Crippen molar-refractivity contribution in [2.45, 2.75) is 32.9 Å². The van der Waals surface area contributed by atoms with Crippen molar-refractivity contribution in [1.29, 1.82) is 0 Å². The Labute approximate surface area is 114 Å². The highest BCUT2D eigenvalue weighted by molar-refractivity contribution is 5.57. The highest BCUT2D eigenvalue weighted by Gasteiger charge is 2.10. The number of ether oxygens (including phenoxy) is 1. The quantitative estimate of drug-likeness (QED) is 0.887. The average molecular weight is 259 g/mol. The minimum absolute atomic E-state index is 0.0985. The average Bonchev–Trinajstić information content (AvgIpc) is 2.84. The summed E-state index contributed by atoms with van der Waals surface area (Å²) in [6, 6.07) is 7.88. The molecular weight excluding hydrogens is 238 g/mol. The number of imidazole rings is 1. The van der Waals surface area contributed by atoms with Gasteiger partial charge in [0.15, 0.2) is 0 Å². The molecule has 0 aliphatic heterocycles. The zero-order valence-electron chi connectivity index (χ0n) is 11.9. The van der Waals surface area contributed by atoms with Crippen LogP contribution in [0.1, 0.15) is 26.5 Å². The van der Waals surface area contributed by atoms with Gasteiger partial charge in [-0.25, -0.2) is 4.98 Å². The van der Waals surface area contributed by atoms with Crippen LogP contribution in [0.3, 0.4) is 0 Å².